The molecule has 75 valence electrons. The lowest BCUT2D eigenvalue weighted by molar-refractivity contribution is 0.456. The largest absolute Gasteiger partial charge is 0.0848 e. The Kier molecular flexibility index (Phi) is 5.19. The molecule has 1 aliphatic rings. The van der Waals surface area contributed by atoms with Crippen molar-refractivity contribution in [2.75, 3.05) is 0 Å². The van der Waals surface area contributed by atoms with Gasteiger partial charge in [-0.3, -0.25) is 0 Å². The lowest BCUT2D eigenvalue weighted by Crippen LogP contribution is -2.04. The molecule has 13 heavy (non-hydrogen) atoms. The molecule has 0 heterocycles. The van der Waals surface area contributed by atoms with Gasteiger partial charge < -0.3 is 0 Å². The molecular formula is C13H23. The molecule has 0 nitrogen and oxygen atoms in total. The van der Waals surface area contributed by atoms with Gasteiger partial charge >= 0.3 is 0 Å². The first-order valence-electron chi connectivity index (χ1n) is 5.89. The van der Waals surface area contributed by atoms with Gasteiger partial charge in [0.15, 0.2) is 0 Å². The summed E-state index contributed by atoms with van der Waals surface area (Å²) in [6.45, 7) is 4.57. The molecule has 0 aromatic carbocycles. The summed E-state index contributed by atoms with van der Waals surface area (Å²) in [5.74, 6) is 0.975. The van der Waals surface area contributed by atoms with Gasteiger partial charge in [0.25, 0.3) is 0 Å². The van der Waals surface area contributed by atoms with Gasteiger partial charge in [-0.25, -0.2) is 0 Å². The number of hydrogen-bond acceptors (Lipinski definition) is 0. The van der Waals surface area contributed by atoms with Gasteiger partial charge in [-0.15, -0.1) is 0 Å². The molecule has 0 N–H and O–H groups in total. The summed E-state index contributed by atoms with van der Waals surface area (Å²) in [4.78, 5) is 0. The molecule has 1 radical (unpaired) electrons. The van der Waals surface area contributed by atoms with Crippen molar-refractivity contribution in [1.29, 1.82) is 0 Å². The molecule has 1 atom stereocenters. The minimum Gasteiger partial charge on any atom is -0.0848 e. The fourth-order valence-corrected chi connectivity index (χ4v) is 1.96. The van der Waals surface area contributed by atoms with Crippen molar-refractivity contribution in [3.05, 3.63) is 18.1 Å². The lowest BCUT2D eigenvalue weighted by Gasteiger charge is -2.20. The smallest absolute Gasteiger partial charge is 0.0138 e. The fraction of sp³-hybridized carbons (Fsp3) is 0.769. The number of unbranched alkanes of at least 4 members (excludes halogenated alkanes) is 2. The zero-order chi connectivity index (χ0) is 9.52. The SMILES string of the molecule is CCCC[CH]C1=CCC(CC)CC1. The maximum absolute atomic E-state index is 2.47. The van der Waals surface area contributed by atoms with Gasteiger partial charge in [-0.1, -0.05) is 44.8 Å². The van der Waals surface area contributed by atoms with Crippen LogP contribution in [-0.4, -0.2) is 0 Å². The van der Waals surface area contributed by atoms with Crippen LogP contribution in [0.2, 0.25) is 0 Å². The van der Waals surface area contributed by atoms with Crippen molar-refractivity contribution in [2.45, 2.75) is 58.8 Å². The first-order chi connectivity index (χ1) is 6.36. The minimum atomic E-state index is 0.975. The highest BCUT2D eigenvalue weighted by atomic mass is 14.2. The number of rotatable bonds is 5. The Labute approximate surface area is 83.4 Å². The van der Waals surface area contributed by atoms with Crippen LogP contribution in [0.5, 0.6) is 0 Å². The third-order valence-corrected chi connectivity index (χ3v) is 3.10. The zero-order valence-corrected chi connectivity index (χ0v) is 9.18. The van der Waals surface area contributed by atoms with Crippen LogP contribution in [0, 0.1) is 12.3 Å². The van der Waals surface area contributed by atoms with E-state index in [4.69, 9.17) is 0 Å². The van der Waals surface area contributed by atoms with E-state index in [0.717, 1.165) is 5.92 Å². The Hall–Kier alpha value is -0.260. The van der Waals surface area contributed by atoms with Gasteiger partial charge in [0.1, 0.15) is 0 Å². The molecule has 0 fully saturated rings. The van der Waals surface area contributed by atoms with E-state index in [1.54, 1.807) is 5.57 Å². The predicted molar refractivity (Wildman–Crippen MR) is 59.5 cm³/mol. The Balaban J connectivity index is 2.17. The normalized spacial score (nSPS) is 22.9. The molecule has 0 saturated heterocycles. The van der Waals surface area contributed by atoms with Crippen molar-refractivity contribution in [3.8, 4) is 0 Å². The second kappa shape index (κ2) is 6.23. The van der Waals surface area contributed by atoms with E-state index in [0.29, 0.717) is 0 Å². The van der Waals surface area contributed by atoms with Crippen LogP contribution in [0.25, 0.3) is 0 Å². The Morgan fingerprint density at radius 1 is 1.46 bits per heavy atom. The van der Waals surface area contributed by atoms with Crippen molar-refractivity contribution >= 4 is 0 Å². The molecule has 1 aliphatic carbocycles. The predicted octanol–water partition coefficient (Wildman–Crippen LogP) is 4.52. The average Bonchev–Trinajstić information content (AvgIpc) is 2.19. The van der Waals surface area contributed by atoms with E-state index in [9.17, 15) is 0 Å². The van der Waals surface area contributed by atoms with E-state index >= 15 is 0 Å². The van der Waals surface area contributed by atoms with Crippen LogP contribution in [-0.2, 0) is 0 Å². The van der Waals surface area contributed by atoms with E-state index in [1.165, 1.54) is 44.9 Å². The topological polar surface area (TPSA) is 0 Å². The summed E-state index contributed by atoms with van der Waals surface area (Å²) in [5, 5.41) is 0. The quantitative estimate of drug-likeness (QED) is 0.544. The molecule has 0 aromatic heterocycles. The molecule has 0 saturated carbocycles. The monoisotopic (exact) mass is 179 g/mol. The van der Waals surface area contributed by atoms with Crippen molar-refractivity contribution < 1.29 is 0 Å². The summed E-state index contributed by atoms with van der Waals surface area (Å²) in [5.41, 5.74) is 1.62. The summed E-state index contributed by atoms with van der Waals surface area (Å²) < 4.78 is 0. The van der Waals surface area contributed by atoms with E-state index < -0.39 is 0 Å². The Morgan fingerprint density at radius 3 is 2.85 bits per heavy atom. The molecule has 1 unspecified atom stereocenters. The van der Waals surface area contributed by atoms with Crippen LogP contribution >= 0.6 is 0 Å². The van der Waals surface area contributed by atoms with Crippen molar-refractivity contribution in [3.63, 3.8) is 0 Å². The second-order valence-electron chi connectivity index (χ2n) is 4.17. The summed E-state index contributed by atoms with van der Waals surface area (Å²) in [7, 11) is 0. The average molecular weight is 179 g/mol. The first kappa shape index (κ1) is 10.8. The maximum Gasteiger partial charge on any atom is -0.0138 e. The maximum atomic E-state index is 2.47. The van der Waals surface area contributed by atoms with E-state index in [1.807, 2.05) is 0 Å². The van der Waals surface area contributed by atoms with Crippen molar-refractivity contribution in [2.24, 2.45) is 5.92 Å². The Morgan fingerprint density at radius 2 is 2.31 bits per heavy atom. The summed E-state index contributed by atoms with van der Waals surface area (Å²) in [6.07, 6.45) is 14.3. The summed E-state index contributed by atoms with van der Waals surface area (Å²) >= 11 is 0. The van der Waals surface area contributed by atoms with Gasteiger partial charge in [0.05, 0.1) is 0 Å². The third kappa shape index (κ3) is 3.97. The van der Waals surface area contributed by atoms with Crippen LogP contribution in [0.4, 0.5) is 0 Å². The number of allylic oxidation sites excluding steroid dienone is 2. The van der Waals surface area contributed by atoms with Crippen molar-refractivity contribution in [1.82, 2.24) is 0 Å². The standard InChI is InChI=1S/C13H23/c1-3-5-6-7-13-10-8-12(4-2)9-11-13/h7,10,12H,3-6,8-9,11H2,1-2H3. The zero-order valence-electron chi connectivity index (χ0n) is 9.18. The molecule has 1 rings (SSSR count). The molecule has 0 amide bonds. The number of hydrogen-bond donors (Lipinski definition) is 0. The van der Waals surface area contributed by atoms with Gasteiger partial charge in [-0.2, -0.15) is 0 Å². The minimum absolute atomic E-state index is 0.975. The molecule has 0 aliphatic heterocycles. The highest BCUT2D eigenvalue weighted by Crippen LogP contribution is 2.27. The molecule has 0 heteroatoms. The lowest BCUT2D eigenvalue weighted by atomic mass is 9.86. The Bertz CT molecular complexity index is 155. The fourth-order valence-electron chi connectivity index (χ4n) is 1.96. The van der Waals surface area contributed by atoms with E-state index in [-0.39, 0.29) is 0 Å². The molecule has 0 bridgehead atoms. The van der Waals surface area contributed by atoms with Gasteiger partial charge in [0.2, 0.25) is 0 Å². The third-order valence-electron chi connectivity index (χ3n) is 3.10. The molecular weight excluding hydrogens is 156 g/mol. The van der Waals surface area contributed by atoms with Gasteiger partial charge in [-0.05, 0) is 38.0 Å². The first-order valence-corrected chi connectivity index (χ1v) is 5.89. The van der Waals surface area contributed by atoms with E-state index in [2.05, 4.69) is 26.3 Å². The summed E-state index contributed by atoms with van der Waals surface area (Å²) in [6, 6.07) is 0. The van der Waals surface area contributed by atoms with Crippen LogP contribution in [0.15, 0.2) is 11.6 Å². The van der Waals surface area contributed by atoms with Crippen LogP contribution in [0.1, 0.15) is 58.8 Å². The molecule has 0 spiro atoms. The molecule has 0 aromatic rings. The van der Waals surface area contributed by atoms with Crippen LogP contribution < -0.4 is 0 Å². The van der Waals surface area contributed by atoms with Crippen LogP contribution in [0.3, 0.4) is 0 Å². The van der Waals surface area contributed by atoms with Gasteiger partial charge in [0, 0.05) is 0 Å². The second-order valence-corrected chi connectivity index (χ2v) is 4.17. The highest BCUT2D eigenvalue weighted by molar-refractivity contribution is 5.15. The highest BCUT2D eigenvalue weighted by Gasteiger charge is 2.11.